The van der Waals surface area contributed by atoms with Crippen LogP contribution in [0.25, 0.3) is 0 Å². The van der Waals surface area contributed by atoms with Crippen LogP contribution in [0.15, 0.2) is 0 Å². The lowest BCUT2D eigenvalue weighted by atomic mass is 10.0. The number of amides is 1. The SMILES string of the molecule is Cc1nn(C)c(C)c1CCC(=O)NCC1(O)CCCC1. The fourth-order valence-electron chi connectivity index (χ4n) is 2.98. The predicted octanol–water partition coefficient (Wildman–Crippen LogP) is 1.39. The van der Waals surface area contributed by atoms with Gasteiger partial charge in [-0.1, -0.05) is 12.8 Å². The Balaban J connectivity index is 1.80. The molecule has 1 heterocycles. The third kappa shape index (κ3) is 3.39. The van der Waals surface area contributed by atoms with E-state index in [1.54, 1.807) is 0 Å². The second-order valence-corrected chi connectivity index (χ2v) is 5.98. The summed E-state index contributed by atoms with van der Waals surface area (Å²) in [6.07, 6.45) is 4.86. The first-order valence-corrected chi connectivity index (χ1v) is 7.39. The van der Waals surface area contributed by atoms with E-state index >= 15 is 0 Å². The smallest absolute Gasteiger partial charge is 0.220 e. The van der Waals surface area contributed by atoms with Crippen LogP contribution in [-0.2, 0) is 18.3 Å². The molecule has 0 aromatic carbocycles. The highest BCUT2D eigenvalue weighted by molar-refractivity contribution is 5.76. The minimum atomic E-state index is -0.671. The molecule has 1 aliphatic rings. The molecule has 1 aromatic heterocycles. The fraction of sp³-hybridized carbons (Fsp3) is 0.733. The van der Waals surface area contributed by atoms with Crippen molar-refractivity contribution in [2.24, 2.45) is 7.05 Å². The molecule has 5 heteroatoms. The molecule has 1 aromatic rings. The van der Waals surface area contributed by atoms with Crippen molar-refractivity contribution in [3.05, 3.63) is 17.0 Å². The lowest BCUT2D eigenvalue weighted by molar-refractivity contribution is -0.122. The maximum absolute atomic E-state index is 11.9. The number of rotatable bonds is 5. The molecule has 1 fully saturated rings. The lowest BCUT2D eigenvalue weighted by Crippen LogP contribution is -2.40. The van der Waals surface area contributed by atoms with Crippen LogP contribution < -0.4 is 5.32 Å². The maximum atomic E-state index is 11.9. The molecule has 112 valence electrons. The lowest BCUT2D eigenvalue weighted by Gasteiger charge is -2.22. The van der Waals surface area contributed by atoms with Crippen LogP contribution in [0.4, 0.5) is 0 Å². The summed E-state index contributed by atoms with van der Waals surface area (Å²) in [6.45, 7) is 4.38. The third-order valence-corrected chi connectivity index (χ3v) is 4.41. The maximum Gasteiger partial charge on any atom is 0.220 e. The molecule has 1 aliphatic carbocycles. The number of nitrogens with zero attached hydrogens (tertiary/aromatic N) is 2. The van der Waals surface area contributed by atoms with E-state index in [2.05, 4.69) is 10.4 Å². The molecule has 0 radical (unpaired) electrons. The topological polar surface area (TPSA) is 67.2 Å². The van der Waals surface area contributed by atoms with Gasteiger partial charge in [0.15, 0.2) is 0 Å². The zero-order chi connectivity index (χ0) is 14.8. The Morgan fingerprint density at radius 3 is 2.60 bits per heavy atom. The Hall–Kier alpha value is -1.36. The first-order chi connectivity index (χ1) is 9.41. The van der Waals surface area contributed by atoms with Gasteiger partial charge in [0, 0.05) is 25.7 Å². The Kier molecular flexibility index (Phi) is 4.48. The van der Waals surface area contributed by atoms with Crippen LogP contribution in [0.5, 0.6) is 0 Å². The Morgan fingerprint density at radius 2 is 2.05 bits per heavy atom. The van der Waals surface area contributed by atoms with Crippen LogP contribution in [0.3, 0.4) is 0 Å². The zero-order valence-corrected chi connectivity index (χ0v) is 12.7. The average molecular weight is 279 g/mol. The highest BCUT2D eigenvalue weighted by atomic mass is 16.3. The van der Waals surface area contributed by atoms with E-state index in [4.69, 9.17) is 0 Å². The van der Waals surface area contributed by atoms with Gasteiger partial charge in [0.05, 0.1) is 11.3 Å². The summed E-state index contributed by atoms with van der Waals surface area (Å²) in [6, 6.07) is 0. The summed E-state index contributed by atoms with van der Waals surface area (Å²) in [5, 5.41) is 17.4. The van der Waals surface area contributed by atoms with Crippen LogP contribution in [0.1, 0.15) is 49.1 Å². The minimum Gasteiger partial charge on any atom is -0.388 e. The van der Waals surface area contributed by atoms with Crippen LogP contribution in [-0.4, -0.2) is 32.9 Å². The van der Waals surface area contributed by atoms with Gasteiger partial charge in [-0.25, -0.2) is 0 Å². The van der Waals surface area contributed by atoms with E-state index in [9.17, 15) is 9.90 Å². The monoisotopic (exact) mass is 279 g/mol. The molecule has 0 atom stereocenters. The second kappa shape index (κ2) is 5.95. The summed E-state index contributed by atoms with van der Waals surface area (Å²) < 4.78 is 1.85. The fourth-order valence-corrected chi connectivity index (χ4v) is 2.98. The molecule has 2 N–H and O–H groups in total. The van der Waals surface area contributed by atoms with Crippen molar-refractivity contribution in [3.63, 3.8) is 0 Å². The van der Waals surface area contributed by atoms with Gasteiger partial charge in [-0.3, -0.25) is 9.48 Å². The van der Waals surface area contributed by atoms with Crippen molar-refractivity contribution in [1.82, 2.24) is 15.1 Å². The van der Waals surface area contributed by atoms with E-state index < -0.39 is 5.60 Å². The van der Waals surface area contributed by atoms with Gasteiger partial charge in [0.2, 0.25) is 5.91 Å². The molecule has 0 saturated heterocycles. The number of aryl methyl sites for hydroxylation is 2. The van der Waals surface area contributed by atoms with Crippen molar-refractivity contribution in [1.29, 1.82) is 0 Å². The first kappa shape index (κ1) is 15.0. The zero-order valence-electron chi connectivity index (χ0n) is 12.7. The van der Waals surface area contributed by atoms with Crippen LogP contribution in [0, 0.1) is 13.8 Å². The van der Waals surface area contributed by atoms with E-state index in [-0.39, 0.29) is 5.91 Å². The molecule has 0 bridgehead atoms. The van der Waals surface area contributed by atoms with E-state index in [1.165, 1.54) is 0 Å². The van der Waals surface area contributed by atoms with Gasteiger partial charge in [0.1, 0.15) is 0 Å². The molecular formula is C15H25N3O2. The largest absolute Gasteiger partial charge is 0.388 e. The first-order valence-electron chi connectivity index (χ1n) is 7.39. The van der Waals surface area contributed by atoms with Gasteiger partial charge in [-0.15, -0.1) is 0 Å². The van der Waals surface area contributed by atoms with Crippen molar-refractivity contribution in [3.8, 4) is 0 Å². The van der Waals surface area contributed by atoms with Gasteiger partial charge in [-0.05, 0) is 38.7 Å². The third-order valence-electron chi connectivity index (χ3n) is 4.41. The summed E-state index contributed by atoms with van der Waals surface area (Å²) in [5.74, 6) is 0.00739. The molecule has 0 unspecified atom stereocenters. The van der Waals surface area contributed by atoms with Gasteiger partial charge < -0.3 is 10.4 Å². The number of nitrogens with one attached hydrogen (secondary N) is 1. The van der Waals surface area contributed by atoms with Crippen molar-refractivity contribution in [2.75, 3.05) is 6.54 Å². The summed E-state index contributed by atoms with van der Waals surface area (Å²) in [7, 11) is 1.92. The van der Waals surface area contributed by atoms with Crippen molar-refractivity contribution < 1.29 is 9.90 Å². The summed E-state index contributed by atoms with van der Waals surface area (Å²) in [4.78, 5) is 11.9. The predicted molar refractivity (Wildman–Crippen MR) is 77.4 cm³/mol. The van der Waals surface area contributed by atoms with Crippen LogP contribution in [0.2, 0.25) is 0 Å². The quantitative estimate of drug-likeness (QED) is 0.856. The normalized spacial score (nSPS) is 17.4. The van der Waals surface area contributed by atoms with E-state index in [0.717, 1.165) is 42.6 Å². The summed E-state index contributed by atoms with van der Waals surface area (Å²) in [5.41, 5.74) is 2.59. The average Bonchev–Trinajstić information content (AvgIpc) is 2.92. The Bertz CT molecular complexity index is 488. The van der Waals surface area contributed by atoms with E-state index in [0.29, 0.717) is 19.4 Å². The molecule has 5 nitrogen and oxygen atoms in total. The number of aromatic nitrogens is 2. The Labute approximate surface area is 120 Å². The molecule has 2 rings (SSSR count). The number of hydrogen-bond acceptors (Lipinski definition) is 3. The summed E-state index contributed by atoms with van der Waals surface area (Å²) >= 11 is 0. The van der Waals surface area contributed by atoms with Crippen molar-refractivity contribution >= 4 is 5.91 Å². The molecule has 1 amide bonds. The Morgan fingerprint density at radius 1 is 1.40 bits per heavy atom. The number of carbonyl (C=O) groups excluding carboxylic acids is 1. The highest BCUT2D eigenvalue weighted by Gasteiger charge is 2.31. The number of carbonyl (C=O) groups is 1. The standard InChI is InChI=1S/C15H25N3O2/c1-11-13(12(2)18(3)17-11)6-7-14(19)16-10-15(20)8-4-5-9-15/h20H,4-10H2,1-3H3,(H,16,19). The highest BCUT2D eigenvalue weighted by Crippen LogP contribution is 2.28. The number of hydrogen-bond donors (Lipinski definition) is 2. The van der Waals surface area contributed by atoms with Gasteiger partial charge >= 0.3 is 0 Å². The molecule has 0 aliphatic heterocycles. The minimum absolute atomic E-state index is 0.00739. The molecule has 1 saturated carbocycles. The molecule has 20 heavy (non-hydrogen) atoms. The van der Waals surface area contributed by atoms with Crippen molar-refractivity contribution in [2.45, 2.75) is 58.0 Å². The second-order valence-electron chi connectivity index (χ2n) is 5.98. The van der Waals surface area contributed by atoms with Crippen LogP contribution >= 0.6 is 0 Å². The van der Waals surface area contributed by atoms with E-state index in [1.807, 2.05) is 25.6 Å². The van der Waals surface area contributed by atoms with Gasteiger partial charge in [0.25, 0.3) is 0 Å². The molecular weight excluding hydrogens is 254 g/mol. The molecule has 0 spiro atoms. The van der Waals surface area contributed by atoms with Gasteiger partial charge in [-0.2, -0.15) is 5.10 Å². The number of aliphatic hydroxyl groups is 1.